The van der Waals surface area contributed by atoms with Gasteiger partial charge in [0.05, 0.1) is 11.9 Å². The second-order valence-corrected chi connectivity index (χ2v) is 12.9. The maximum absolute atomic E-state index is 4.47. The van der Waals surface area contributed by atoms with E-state index in [0.717, 1.165) is 22.6 Å². The number of benzene rings is 6. The Hall–Kier alpha value is -6.77. The van der Waals surface area contributed by atoms with Crippen molar-refractivity contribution in [2.24, 2.45) is 0 Å². The zero-order valence-corrected chi connectivity index (χ0v) is 28.1. The van der Waals surface area contributed by atoms with Crippen molar-refractivity contribution in [2.75, 3.05) is 4.90 Å². The lowest BCUT2D eigenvalue weighted by Crippen LogP contribution is -2.10. The van der Waals surface area contributed by atoms with Gasteiger partial charge >= 0.3 is 0 Å². The molecular formula is C49H34N2. The summed E-state index contributed by atoms with van der Waals surface area (Å²) in [7, 11) is 0. The standard InChI is InChI=1S/C49H34N2/c1-2-10-45-46-17-5-6-18-47(46)48-29-24-37(32-49(45)48)34-20-25-40(26-21-34)51(42-15-9-30-50-33-42)41-27-22-36(23-28-41)44-19-8-12-35-11-3-4-16-43(35)38-13-7-14-39(44)31-38/h2-33H,1H2/b12-8+,44-19-,45-10-. The summed E-state index contributed by atoms with van der Waals surface area (Å²) >= 11 is 0. The van der Waals surface area contributed by atoms with E-state index in [1.54, 1.807) is 0 Å². The molecule has 0 fully saturated rings. The van der Waals surface area contributed by atoms with Gasteiger partial charge in [-0.25, -0.2) is 0 Å². The third-order valence-corrected chi connectivity index (χ3v) is 9.89. The lowest BCUT2D eigenvalue weighted by Gasteiger charge is -2.25. The smallest absolute Gasteiger partial charge is 0.0644 e. The molecule has 2 bridgehead atoms. The van der Waals surface area contributed by atoms with Crippen LogP contribution in [-0.4, -0.2) is 4.98 Å². The topological polar surface area (TPSA) is 16.1 Å². The minimum absolute atomic E-state index is 1.00. The van der Waals surface area contributed by atoms with Crippen LogP contribution in [0.15, 0.2) is 195 Å². The number of allylic oxidation sites excluding steroid dienone is 4. The number of hydrogen-bond acceptors (Lipinski definition) is 2. The van der Waals surface area contributed by atoms with Gasteiger partial charge in [-0.2, -0.15) is 0 Å². The van der Waals surface area contributed by atoms with Crippen LogP contribution in [0.3, 0.4) is 0 Å². The number of pyridine rings is 1. The van der Waals surface area contributed by atoms with Crippen LogP contribution in [0.4, 0.5) is 17.1 Å². The number of aromatic nitrogens is 1. The van der Waals surface area contributed by atoms with E-state index in [9.17, 15) is 0 Å². The minimum atomic E-state index is 1.00. The van der Waals surface area contributed by atoms with Crippen LogP contribution in [0, 0.1) is 0 Å². The number of rotatable bonds is 6. The van der Waals surface area contributed by atoms with E-state index in [4.69, 9.17) is 0 Å². The summed E-state index contributed by atoms with van der Waals surface area (Å²) in [6, 6.07) is 54.6. The van der Waals surface area contributed by atoms with E-state index in [0.29, 0.717) is 0 Å². The quantitative estimate of drug-likeness (QED) is 0.178. The van der Waals surface area contributed by atoms with Gasteiger partial charge in [-0.15, -0.1) is 0 Å². The Morgan fingerprint density at radius 1 is 0.490 bits per heavy atom. The molecule has 0 aliphatic heterocycles. The van der Waals surface area contributed by atoms with Gasteiger partial charge in [0, 0.05) is 17.6 Å². The highest BCUT2D eigenvalue weighted by molar-refractivity contribution is 6.02. The predicted octanol–water partition coefficient (Wildman–Crippen LogP) is 12.9. The molecule has 0 amide bonds. The molecule has 0 saturated heterocycles. The van der Waals surface area contributed by atoms with Crippen molar-refractivity contribution >= 4 is 34.3 Å². The Bertz CT molecular complexity index is 2520. The van der Waals surface area contributed by atoms with Crippen LogP contribution >= 0.6 is 0 Å². The first-order valence-electron chi connectivity index (χ1n) is 17.3. The predicted molar refractivity (Wildman–Crippen MR) is 215 cm³/mol. The molecule has 9 rings (SSSR count). The molecule has 2 nitrogen and oxygen atoms in total. The Labute approximate surface area is 299 Å². The molecule has 0 N–H and O–H groups in total. The monoisotopic (exact) mass is 650 g/mol. The SMILES string of the molecule is C=C/C=C1/c2ccccc2-c2ccc(-c3ccc(N(c4ccc(/C5=C/C=C/c6ccccc6-c6cccc5c6)cc4)c4cccnc4)cc3)cc21. The van der Waals surface area contributed by atoms with Crippen molar-refractivity contribution in [3.8, 4) is 33.4 Å². The zero-order valence-electron chi connectivity index (χ0n) is 28.1. The summed E-state index contributed by atoms with van der Waals surface area (Å²) in [5.41, 5.74) is 19.0. The largest absolute Gasteiger partial charge is 0.309 e. The average Bonchev–Trinajstić information content (AvgIpc) is 3.52. The van der Waals surface area contributed by atoms with Gasteiger partial charge in [0.25, 0.3) is 0 Å². The van der Waals surface area contributed by atoms with Crippen molar-refractivity contribution in [2.45, 2.75) is 0 Å². The fraction of sp³-hybridized carbons (Fsp3) is 0. The molecular weight excluding hydrogens is 617 g/mol. The van der Waals surface area contributed by atoms with E-state index in [2.05, 4.69) is 186 Å². The molecule has 1 heterocycles. The first-order valence-corrected chi connectivity index (χ1v) is 17.3. The molecule has 2 aliphatic rings. The molecule has 0 saturated carbocycles. The molecule has 1 aromatic heterocycles. The highest BCUT2D eigenvalue weighted by atomic mass is 15.1. The third kappa shape index (κ3) is 5.53. The fourth-order valence-corrected chi connectivity index (χ4v) is 7.47. The first-order chi connectivity index (χ1) is 25.2. The highest BCUT2D eigenvalue weighted by Crippen LogP contribution is 2.46. The van der Waals surface area contributed by atoms with E-state index >= 15 is 0 Å². The van der Waals surface area contributed by atoms with Crippen molar-refractivity contribution in [1.29, 1.82) is 0 Å². The highest BCUT2D eigenvalue weighted by Gasteiger charge is 2.23. The van der Waals surface area contributed by atoms with Crippen LogP contribution in [0.1, 0.15) is 27.8 Å². The van der Waals surface area contributed by atoms with Crippen molar-refractivity contribution in [1.82, 2.24) is 4.98 Å². The summed E-state index contributed by atoms with van der Waals surface area (Å²) < 4.78 is 0. The van der Waals surface area contributed by atoms with Crippen molar-refractivity contribution in [3.63, 3.8) is 0 Å². The van der Waals surface area contributed by atoms with E-state index in [1.807, 2.05) is 24.5 Å². The average molecular weight is 651 g/mol. The molecule has 0 unspecified atom stereocenters. The maximum Gasteiger partial charge on any atom is 0.0644 e. The molecule has 0 atom stereocenters. The fourth-order valence-electron chi connectivity index (χ4n) is 7.47. The van der Waals surface area contributed by atoms with Gasteiger partial charge in [0.1, 0.15) is 0 Å². The van der Waals surface area contributed by atoms with Gasteiger partial charge in [-0.1, -0.05) is 140 Å². The maximum atomic E-state index is 4.47. The van der Waals surface area contributed by atoms with Crippen molar-refractivity contribution < 1.29 is 0 Å². The molecule has 2 heteroatoms. The number of fused-ring (bicyclic) bond motifs is 7. The summed E-state index contributed by atoms with van der Waals surface area (Å²) in [6.45, 7) is 3.99. The normalized spacial score (nSPS) is 14.9. The van der Waals surface area contributed by atoms with Gasteiger partial charge in [-0.3, -0.25) is 4.98 Å². The molecule has 2 aliphatic carbocycles. The van der Waals surface area contributed by atoms with Gasteiger partial charge in [0.15, 0.2) is 0 Å². The van der Waals surface area contributed by atoms with Crippen LogP contribution in [0.5, 0.6) is 0 Å². The molecule has 0 spiro atoms. The van der Waals surface area contributed by atoms with Gasteiger partial charge in [-0.05, 0) is 121 Å². The molecule has 240 valence electrons. The Morgan fingerprint density at radius 3 is 1.94 bits per heavy atom. The molecule has 51 heavy (non-hydrogen) atoms. The Morgan fingerprint density at radius 2 is 1.18 bits per heavy atom. The summed E-state index contributed by atoms with van der Waals surface area (Å²) in [5.74, 6) is 0. The summed E-state index contributed by atoms with van der Waals surface area (Å²) in [6.07, 6.45) is 14.3. The molecule has 7 aromatic rings. The van der Waals surface area contributed by atoms with Crippen LogP contribution < -0.4 is 4.90 Å². The van der Waals surface area contributed by atoms with Gasteiger partial charge < -0.3 is 4.90 Å². The lowest BCUT2D eigenvalue weighted by atomic mass is 9.94. The van der Waals surface area contributed by atoms with Crippen LogP contribution in [0.2, 0.25) is 0 Å². The third-order valence-electron chi connectivity index (χ3n) is 9.89. The van der Waals surface area contributed by atoms with Crippen molar-refractivity contribution in [3.05, 3.63) is 223 Å². The number of nitrogens with zero attached hydrogens (tertiary/aromatic N) is 2. The zero-order chi connectivity index (χ0) is 34.1. The van der Waals surface area contributed by atoms with Crippen LogP contribution in [-0.2, 0) is 0 Å². The minimum Gasteiger partial charge on any atom is -0.309 e. The summed E-state index contributed by atoms with van der Waals surface area (Å²) in [4.78, 5) is 6.74. The lowest BCUT2D eigenvalue weighted by molar-refractivity contribution is 1.23. The molecule has 0 radical (unpaired) electrons. The Kier molecular flexibility index (Phi) is 7.68. The number of anilines is 3. The van der Waals surface area contributed by atoms with E-state index in [1.165, 1.54) is 66.8 Å². The number of hydrogen-bond donors (Lipinski definition) is 0. The van der Waals surface area contributed by atoms with E-state index < -0.39 is 0 Å². The van der Waals surface area contributed by atoms with Gasteiger partial charge in [0.2, 0.25) is 0 Å². The Balaban J connectivity index is 1.05. The second kappa shape index (κ2) is 12.9. The first kappa shape index (κ1) is 30.3. The second-order valence-electron chi connectivity index (χ2n) is 12.9. The van der Waals surface area contributed by atoms with E-state index in [-0.39, 0.29) is 0 Å². The summed E-state index contributed by atoms with van der Waals surface area (Å²) in [5, 5.41) is 0. The van der Waals surface area contributed by atoms with Crippen LogP contribution in [0.25, 0.3) is 50.6 Å². The molecule has 6 aromatic carbocycles.